The van der Waals surface area contributed by atoms with E-state index in [-0.39, 0.29) is 5.91 Å². The van der Waals surface area contributed by atoms with Crippen molar-refractivity contribution in [3.8, 4) is 22.5 Å². The van der Waals surface area contributed by atoms with E-state index >= 15 is 0 Å². The first-order valence-corrected chi connectivity index (χ1v) is 10.4. The molecule has 0 atom stereocenters. The van der Waals surface area contributed by atoms with Crippen LogP contribution in [0.15, 0.2) is 101 Å². The van der Waals surface area contributed by atoms with Gasteiger partial charge in [0.1, 0.15) is 17.2 Å². The summed E-state index contributed by atoms with van der Waals surface area (Å²) in [6.45, 7) is 2.04. The summed E-state index contributed by atoms with van der Waals surface area (Å²) in [5.41, 5.74) is 7.98. The molecule has 0 saturated heterocycles. The monoisotopic (exact) mass is 419 g/mol. The highest BCUT2D eigenvalue weighted by Crippen LogP contribution is 2.32. The fourth-order valence-corrected chi connectivity index (χ4v) is 3.72. The van der Waals surface area contributed by atoms with E-state index in [2.05, 4.69) is 15.5 Å². The van der Waals surface area contributed by atoms with Crippen LogP contribution >= 0.6 is 0 Å². The van der Waals surface area contributed by atoms with Crippen molar-refractivity contribution >= 4 is 23.0 Å². The molecule has 0 aliphatic heterocycles. The van der Waals surface area contributed by atoms with Crippen LogP contribution in [0.4, 0.5) is 0 Å². The van der Waals surface area contributed by atoms with Gasteiger partial charge in [-0.2, -0.15) is 5.10 Å². The quantitative estimate of drug-likeness (QED) is 0.264. The molecule has 0 saturated carbocycles. The zero-order valence-electron chi connectivity index (χ0n) is 17.5. The van der Waals surface area contributed by atoms with Gasteiger partial charge >= 0.3 is 0 Å². The third kappa shape index (κ3) is 3.84. The molecule has 2 heterocycles. The van der Waals surface area contributed by atoms with E-state index in [0.717, 1.165) is 33.4 Å². The molecule has 156 valence electrons. The number of hydrazone groups is 1. The van der Waals surface area contributed by atoms with Crippen molar-refractivity contribution in [2.75, 3.05) is 0 Å². The maximum absolute atomic E-state index is 13.0. The van der Waals surface area contributed by atoms with E-state index < -0.39 is 0 Å². The number of amides is 1. The van der Waals surface area contributed by atoms with Gasteiger partial charge in [-0.25, -0.2) is 5.43 Å². The minimum absolute atomic E-state index is 0.318. The molecule has 0 aliphatic carbocycles. The Bertz CT molecular complexity index is 1410. The molecule has 0 aliphatic rings. The minimum Gasteiger partial charge on any atom is -0.455 e. The summed E-state index contributed by atoms with van der Waals surface area (Å²) in [4.78, 5) is 16.2. The number of benzene rings is 3. The fraction of sp³-hybridized carbons (Fsp3) is 0.0370. The second-order valence-corrected chi connectivity index (χ2v) is 7.55. The molecule has 0 bridgehead atoms. The zero-order chi connectivity index (χ0) is 21.9. The average molecular weight is 419 g/mol. The number of carbonyl (C=O) groups excluding carboxylic acids is 1. The molecule has 5 nitrogen and oxygen atoms in total. The summed E-state index contributed by atoms with van der Waals surface area (Å²) in [5.74, 6) is 0.988. The second kappa shape index (κ2) is 8.40. The van der Waals surface area contributed by atoms with E-state index in [1.54, 1.807) is 0 Å². The molecule has 0 unspecified atom stereocenters. The molecule has 2 N–H and O–H groups in total. The molecule has 32 heavy (non-hydrogen) atoms. The van der Waals surface area contributed by atoms with Crippen LogP contribution in [-0.2, 0) is 0 Å². The Morgan fingerprint density at radius 1 is 0.875 bits per heavy atom. The third-order valence-corrected chi connectivity index (χ3v) is 5.32. The van der Waals surface area contributed by atoms with Crippen LogP contribution in [0.3, 0.4) is 0 Å². The zero-order valence-corrected chi connectivity index (χ0v) is 17.5. The Balaban J connectivity index is 1.38. The number of hydrogen-bond acceptors (Lipinski definition) is 3. The van der Waals surface area contributed by atoms with Crippen molar-refractivity contribution in [3.05, 3.63) is 108 Å². The molecule has 1 amide bonds. The Kier molecular flexibility index (Phi) is 5.14. The number of para-hydroxylation sites is 1. The number of furan rings is 1. The van der Waals surface area contributed by atoms with Crippen molar-refractivity contribution < 1.29 is 9.21 Å². The van der Waals surface area contributed by atoms with E-state index in [4.69, 9.17) is 4.42 Å². The van der Waals surface area contributed by atoms with Gasteiger partial charge in [0.25, 0.3) is 5.91 Å². The lowest BCUT2D eigenvalue weighted by Gasteiger charge is -2.04. The van der Waals surface area contributed by atoms with Crippen LogP contribution in [0.1, 0.15) is 21.8 Å². The number of nitrogens with one attached hydrogen (secondary N) is 2. The first-order chi connectivity index (χ1) is 15.7. The summed E-state index contributed by atoms with van der Waals surface area (Å²) < 4.78 is 5.83. The first kappa shape index (κ1) is 19.6. The van der Waals surface area contributed by atoms with Crippen molar-refractivity contribution in [1.29, 1.82) is 0 Å². The van der Waals surface area contributed by atoms with E-state index in [9.17, 15) is 4.79 Å². The number of aromatic nitrogens is 1. The van der Waals surface area contributed by atoms with E-state index in [1.165, 1.54) is 11.8 Å². The van der Waals surface area contributed by atoms with Crippen molar-refractivity contribution in [1.82, 2.24) is 10.4 Å². The summed E-state index contributed by atoms with van der Waals surface area (Å²) in [6, 6.07) is 29.5. The van der Waals surface area contributed by atoms with E-state index in [0.29, 0.717) is 11.5 Å². The highest BCUT2D eigenvalue weighted by Gasteiger charge is 2.18. The van der Waals surface area contributed by atoms with Crippen molar-refractivity contribution in [3.63, 3.8) is 0 Å². The molecule has 2 aromatic heterocycles. The van der Waals surface area contributed by atoms with Gasteiger partial charge in [0.15, 0.2) is 0 Å². The van der Waals surface area contributed by atoms with Gasteiger partial charge in [0, 0.05) is 22.0 Å². The van der Waals surface area contributed by atoms with Gasteiger partial charge in [-0.3, -0.25) is 4.79 Å². The number of fused-ring (bicyclic) bond motifs is 1. The Morgan fingerprint density at radius 2 is 1.62 bits per heavy atom. The van der Waals surface area contributed by atoms with Gasteiger partial charge in [-0.1, -0.05) is 78.4 Å². The molecular weight excluding hydrogens is 398 g/mol. The number of rotatable bonds is 5. The average Bonchev–Trinajstić information content (AvgIpc) is 3.45. The van der Waals surface area contributed by atoms with Gasteiger partial charge in [0.2, 0.25) is 0 Å². The number of aromatic amines is 1. The Labute approximate surface area is 185 Å². The summed E-state index contributed by atoms with van der Waals surface area (Å²) in [5, 5.41) is 5.09. The van der Waals surface area contributed by atoms with Crippen LogP contribution in [0.2, 0.25) is 0 Å². The van der Waals surface area contributed by atoms with Crippen LogP contribution in [0.5, 0.6) is 0 Å². The van der Waals surface area contributed by atoms with E-state index in [1.807, 2.05) is 97.9 Å². The van der Waals surface area contributed by atoms with Gasteiger partial charge in [-0.15, -0.1) is 0 Å². The molecule has 5 rings (SSSR count). The second-order valence-electron chi connectivity index (χ2n) is 7.55. The van der Waals surface area contributed by atoms with Gasteiger partial charge in [-0.05, 0) is 30.7 Å². The number of H-pyrrole nitrogens is 1. The maximum atomic E-state index is 13.0. The van der Waals surface area contributed by atoms with Crippen LogP contribution in [0, 0.1) is 6.92 Å². The third-order valence-electron chi connectivity index (χ3n) is 5.32. The summed E-state index contributed by atoms with van der Waals surface area (Å²) in [7, 11) is 0. The molecule has 0 fully saturated rings. The normalized spacial score (nSPS) is 11.3. The smallest absolute Gasteiger partial charge is 0.288 e. The maximum Gasteiger partial charge on any atom is 0.288 e. The molecule has 0 spiro atoms. The molecule has 5 heteroatoms. The Morgan fingerprint density at radius 3 is 2.44 bits per heavy atom. The van der Waals surface area contributed by atoms with Crippen LogP contribution in [0.25, 0.3) is 33.4 Å². The molecule has 3 aromatic carbocycles. The lowest BCUT2D eigenvalue weighted by Crippen LogP contribution is -2.18. The van der Waals surface area contributed by atoms with Gasteiger partial charge < -0.3 is 9.40 Å². The number of carbonyl (C=O) groups is 1. The summed E-state index contributed by atoms with van der Waals surface area (Å²) in [6.07, 6.45) is 1.50. The fourth-order valence-electron chi connectivity index (χ4n) is 3.72. The van der Waals surface area contributed by atoms with Crippen molar-refractivity contribution in [2.45, 2.75) is 6.92 Å². The molecule has 0 radical (unpaired) electrons. The molecule has 5 aromatic rings. The predicted octanol–water partition coefficient (Wildman–Crippen LogP) is 6.17. The predicted molar refractivity (Wildman–Crippen MR) is 128 cm³/mol. The minimum atomic E-state index is -0.318. The largest absolute Gasteiger partial charge is 0.455 e. The number of nitrogens with zero attached hydrogens (tertiary/aromatic N) is 1. The van der Waals surface area contributed by atoms with Crippen molar-refractivity contribution in [2.24, 2.45) is 5.10 Å². The summed E-state index contributed by atoms with van der Waals surface area (Å²) >= 11 is 0. The van der Waals surface area contributed by atoms with Gasteiger partial charge in [0.05, 0.1) is 6.21 Å². The van der Waals surface area contributed by atoms with Crippen LogP contribution < -0.4 is 5.43 Å². The number of aryl methyl sites for hydroxylation is 1. The highest BCUT2D eigenvalue weighted by molar-refractivity contribution is 6.09. The van der Waals surface area contributed by atoms with Crippen LogP contribution in [-0.4, -0.2) is 17.1 Å². The Hall–Kier alpha value is -4.38. The first-order valence-electron chi connectivity index (χ1n) is 10.4. The number of hydrogen-bond donors (Lipinski definition) is 2. The lowest BCUT2D eigenvalue weighted by molar-refractivity contribution is 0.0951. The highest BCUT2D eigenvalue weighted by atomic mass is 16.3. The SMILES string of the molecule is Cc1ccc(-c2ccc(/C=N\NC(=O)c3[nH]c4ccccc4c3-c3ccccc3)o2)cc1. The topological polar surface area (TPSA) is 70.4 Å². The lowest BCUT2D eigenvalue weighted by atomic mass is 10.0. The standard InChI is InChI=1S/C27H21N3O2/c1-18-11-13-19(14-12-18)24-16-15-21(32-24)17-28-30-27(31)26-25(20-7-3-2-4-8-20)22-9-5-6-10-23(22)29-26/h2-17,29H,1H3,(H,30,31)/b28-17-. The molecular formula is C27H21N3O2.